The molecule has 0 aliphatic rings. The number of halogens is 4. The molecule has 17 heavy (non-hydrogen) atoms. The summed E-state index contributed by atoms with van der Waals surface area (Å²) in [5.41, 5.74) is -1.39. The van der Waals surface area contributed by atoms with Gasteiger partial charge in [-0.25, -0.2) is 4.39 Å². The van der Waals surface area contributed by atoms with Crippen LogP contribution < -0.4 is 0 Å². The van der Waals surface area contributed by atoms with E-state index in [1.807, 2.05) is 0 Å². The Morgan fingerprint density at radius 1 is 1.35 bits per heavy atom. The molecular formula is C11H9F4NS. The van der Waals surface area contributed by atoms with Gasteiger partial charge in [-0.15, -0.1) is 11.8 Å². The van der Waals surface area contributed by atoms with Crippen molar-refractivity contribution < 1.29 is 17.6 Å². The summed E-state index contributed by atoms with van der Waals surface area (Å²) in [4.78, 5) is -0.488. The lowest BCUT2D eigenvalue weighted by Crippen LogP contribution is -2.09. The van der Waals surface area contributed by atoms with Crippen LogP contribution in [-0.4, -0.2) is 5.75 Å². The van der Waals surface area contributed by atoms with E-state index in [1.165, 1.54) is 6.07 Å². The van der Waals surface area contributed by atoms with Crippen molar-refractivity contribution in [2.24, 2.45) is 0 Å². The minimum absolute atomic E-state index is 0.364. The zero-order valence-corrected chi connectivity index (χ0v) is 9.75. The Labute approximate surface area is 100 Å². The van der Waals surface area contributed by atoms with Crippen LogP contribution in [0, 0.1) is 17.1 Å². The highest BCUT2D eigenvalue weighted by Gasteiger charge is 2.35. The molecule has 0 atom stereocenters. The third-order valence-corrected chi connectivity index (χ3v) is 3.27. The van der Waals surface area contributed by atoms with Gasteiger partial charge in [0.2, 0.25) is 0 Å². The molecule has 92 valence electrons. The lowest BCUT2D eigenvalue weighted by Gasteiger charge is -2.13. The van der Waals surface area contributed by atoms with E-state index in [2.05, 4.69) is 0 Å². The molecule has 0 heterocycles. The number of benzene rings is 1. The van der Waals surface area contributed by atoms with E-state index < -0.39 is 22.5 Å². The Morgan fingerprint density at radius 3 is 2.47 bits per heavy atom. The third kappa shape index (κ3) is 3.13. The molecule has 0 radical (unpaired) electrons. The molecule has 0 spiro atoms. The van der Waals surface area contributed by atoms with Gasteiger partial charge >= 0.3 is 6.18 Å². The van der Waals surface area contributed by atoms with Crippen LogP contribution in [0.2, 0.25) is 0 Å². The Kier molecular flexibility index (Phi) is 4.40. The lowest BCUT2D eigenvalue weighted by molar-refractivity contribution is -0.140. The van der Waals surface area contributed by atoms with Crippen molar-refractivity contribution in [3.63, 3.8) is 0 Å². The van der Waals surface area contributed by atoms with Gasteiger partial charge in [-0.2, -0.15) is 18.4 Å². The van der Waals surface area contributed by atoms with E-state index in [-0.39, 0.29) is 5.56 Å². The van der Waals surface area contributed by atoms with Crippen molar-refractivity contribution in [1.29, 1.82) is 5.26 Å². The quantitative estimate of drug-likeness (QED) is 0.602. The van der Waals surface area contributed by atoms with E-state index in [9.17, 15) is 17.6 Å². The topological polar surface area (TPSA) is 23.8 Å². The Bertz CT molecular complexity index is 448. The summed E-state index contributed by atoms with van der Waals surface area (Å²) in [7, 11) is 0. The lowest BCUT2D eigenvalue weighted by atomic mass is 10.1. The second kappa shape index (κ2) is 5.41. The fraction of sp³-hybridized carbons (Fsp3) is 0.364. The second-order valence-corrected chi connectivity index (χ2v) is 4.37. The number of alkyl halides is 3. The van der Waals surface area contributed by atoms with E-state index in [0.717, 1.165) is 23.9 Å². The maximum atomic E-state index is 13.6. The molecular weight excluding hydrogens is 254 g/mol. The summed E-state index contributed by atoms with van der Waals surface area (Å²) >= 11 is 0.784. The SMILES string of the molecule is CCCSc1c(C(F)(F)F)ccc(C#N)c1F. The van der Waals surface area contributed by atoms with Crippen LogP contribution in [0.15, 0.2) is 17.0 Å². The molecule has 0 unspecified atom stereocenters. The standard InChI is InChI=1S/C11H9F4NS/c1-2-5-17-10-8(11(13,14)15)4-3-7(6-16)9(10)12/h3-4H,2,5H2,1H3. The van der Waals surface area contributed by atoms with Crippen molar-refractivity contribution in [3.05, 3.63) is 29.1 Å². The van der Waals surface area contributed by atoms with Gasteiger partial charge in [0, 0.05) is 0 Å². The molecule has 0 saturated carbocycles. The second-order valence-electron chi connectivity index (χ2n) is 3.26. The highest BCUT2D eigenvalue weighted by molar-refractivity contribution is 7.99. The molecule has 0 aliphatic carbocycles. The fourth-order valence-corrected chi connectivity index (χ4v) is 2.20. The monoisotopic (exact) mass is 263 g/mol. The van der Waals surface area contributed by atoms with Crippen LogP contribution in [0.1, 0.15) is 24.5 Å². The van der Waals surface area contributed by atoms with Crippen LogP contribution in [0.5, 0.6) is 0 Å². The average molecular weight is 263 g/mol. The van der Waals surface area contributed by atoms with Gasteiger partial charge in [0.25, 0.3) is 0 Å². The Morgan fingerprint density at radius 2 is 2.00 bits per heavy atom. The van der Waals surface area contributed by atoms with Crippen molar-refractivity contribution in [2.75, 3.05) is 5.75 Å². The van der Waals surface area contributed by atoms with Crippen molar-refractivity contribution in [1.82, 2.24) is 0 Å². The minimum Gasteiger partial charge on any atom is -0.204 e. The van der Waals surface area contributed by atoms with Crippen LogP contribution >= 0.6 is 11.8 Å². The van der Waals surface area contributed by atoms with E-state index in [4.69, 9.17) is 5.26 Å². The number of rotatable bonds is 3. The average Bonchev–Trinajstić information content (AvgIpc) is 2.25. The number of nitrogens with zero attached hydrogens (tertiary/aromatic N) is 1. The highest BCUT2D eigenvalue weighted by atomic mass is 32.2. The highest BCUT2D eigenvalue weighted by Crippen LogP contribution is 2.39. The molecule has 0 amide bonds. The van der Waals surface area contributed by atoms with Gasteiger partial charge in [-0.3, -0.25) is 0 Å². The number of nitriles is 1. The molecule has 0 aliphatic heterocycles. The first kappa shape index (κ1) is 13.8. The molecule has 1 aromatic rings. The summed E-state index contributed by atoms with van der Waals surface area (Å²) in [6.07, 6.45) is -3.98. The first-order valence-corrected chi connectivity index (χ1v) is 5.83. The first-order chi connectivity index (χ1) is 7.91. The van der Waals surface area contributed by atoms with Crippen LogP contribution in [0.4, 0.5) is 17.6 Å². The summed E-state index contributed by atoms with van der Waals surface area (Å²) in [5, 5.41) is 8.58. The zero-order valence-electron chi connectivity index (χ0n) is 8.94. The van der Waals surface area contributed by atoms with Crippen LogP contribution in [0.3, 0.4) is 0 Å². The largest absolute Gasteiger partial charge is 0.417 e. The Balaban J connectivity index is 3.32. The first-order valence-electron chi connectivity index (χ1n) is 4.84. The van der Waals surface area contributed by atoms with Gasteiger partial charge in [-0.05, 0) is 24.3 Å². The maximum absolute atomic E-state index is 13.6. The molecule has 0 saturated heterocycles. The van der Waals surface area contributed by atoms with Gasteiger partial charge in [0.1, 0.15) is 6.07 Å². The summed E-state index contributed by atoms with van der Waals surface area (Å²) < 4.78 is 51.5. The molecule has 1 nitrogen and oxygen atoms in total. The van der Waals surface area contributed by atoms with Crippen molar-refractivity contribution >= 4 is 11.8 Å². The Hall–Kier alpha value is -1.22. The van der Waals surface area contributed by atoms with Crippen molar-refractivity contribution in [3.8, 4) is 6.07 Å². The van der Waals surface area contributed by atoms with Gasteiger partial charge in [0.05, 0.1) is 16.0 Å². The summed E-state index contributed by atoms with van der Waals surface area (Å²) in [6.45, 7) is 1.78. The summed E-state index contributed by atoms with van der Waals surface area (Å²) in [5.74, 6) is -0.713. The molecule has 0 aromatic heterocycles. The zero-order chi connectivity index (χ0) is 13.1. The predicted molar refractivity (Wildman–Crippen MR) is 57.1 cm³/mol. The van der Waals surface area contributed by atoms with Crippen LogP contribution in [-0.2, 0) is 6.18 Å². The normalized spacial score (nSPS) is 11.3. The molecule has 1 rings (SSSR count). The van der Waals surface area contributed by atoms with E-state index in [1.54, 1.807) is 6.92 Å². The van der Waals surface area contributed by atoms with E-state index >= 15 is 0 Å². The van der Waals surface area contributed by atoms with Crippen molar-refractivity contribution in [2.45, 2.75) is 24.4 Å². The minimum atomic E-state index is -4.61. The van der Waals surface area contributed by atoms with E-state index in [0.29, 0.717) is 12.2 Å². The van der Waals surface area contributed by atoms with Gasteiger partial charge in [0.15, 0.2) is 5.82 Å². The molecule has 6 heteroatoms. The van der Waals surface area contributed by atoms with Gasteiger partial charge < -0.3 is 0 Å². The molecule has 0 N–H and O–H groups in total. The number of thioether (sulfide) groups is 1. The number of hydrogen-bond donors (Lipinski definition) is 0. The molecule has 0 bridgehead atoms. The molecule has 0 fully saturated rings. The predicted octanol–water partition coefficient (Wildman–Crippen LogP) is 4.22. The maximum Gasteiger partial charge on any atom is 0.417 e. The van der Waals surface area contributed by atoms with Crippen LogP contribution in [0.25, 0.3) is 0 Å². The van der Waals surface area contributed by atoms with Gasteiger partial charge in [-0.1, -0.05) is 6.92 Å². The molecule has 1 aromatic carbocycles. The smallest absolute Gasteiger partial charge is 0.204 e. The third-order valence-electron chi connectivity index (χ3n) is 1.97. The summed E-state index contributed by atoms with van der Waals surface area (Å²) in [6, 6.07) is 3.14. The number of hydrogen-bond acceptors (Lipinski definition) is 2. The fourth-order valence-electron chi connectivity index (χ4n) is 1.21.